The third-order valence-electron chi connectivity index (χ3n) is 21.9. The molecule has 0 spiro atoms. The summed E-state index contributed by atoms with van der Waals surface area (Å²) in [5, 5.41) is 0. The molecule has 4 aliphatic heterocycles. The molecule has 22 heteroatoms. The van der Waals surface area contributed by atoms with Gasteiger partial charge in [0.05, 0.1) is 83.1 Å². The second-order valence-electron chi connectivity index (χ2n) is 30.8. The average molecular weight is 1730 g/mol. The highest BCUT2D eigenvalue weighted by Crippen LogP contribution is 2.40. The van der Waals surface area contributed by atoms with Gasteiger partial charge in [0.2, 0.25) is 0 Å². The standard InChI is InChI=1S/2C19H14FN3.C19H15N3.C18H12FN3.C17H10F3N.C17H11F2N/c1-12-4-5-13(8-17(12)20)19-16(3-2-6-22-19)14-7-15-9-21-11-18(15)23-10-14;1-12-4-5-16(17(20)7-12)19-15(3-2-6-22-19)13-8-14-9-21-11-18(14)23-10-13;1-13-4-2-5-14(8-13)19-17(6-3-7-21-19)15-9-16-10-20-12-18(16)22-11-15;19-15-5-3-12(4-6-15)18-16(2-1-7-21-18)13-8-14-9-20-11-17(14)22-10-13;18-13-6-3-11(4-7-13)14-2-1-9-21-17(14)12-5-8-15(19)16(20)10-12;18-13-9-7-12(8-10-13)14-5-3-11-20-17(14)15-4-1-2-6-16(15)19/h2*2-10H,11H2,1H3;2-11H,12H2,1H3;1-10H,11H2;1-10H;1-11H. The first-order valence-electron chi connectivity index (χ1n) is 41.7. The first-order chi connectivity index (χ1) is 64.0. The maximum absolute atomic E-state index is 14.4. The van der Waals surface area contributed by atoms with Crippen LogP contribution in [0.4, 0.5) is 35.1 Å². The van der Waals surface area contributed by atoms with E-state index in [0.29, 0.717) is 65.5 Å². The lowest BCUT2D eigenvalue weighted by Gasteiger charge is -2.11. The summed E-state index contributed by atoms with van der Waals surface area (Å²) in [7, 11) is 0. The molecule has 0 saturated carbocycles. The van der Waals surface area contributed by atoms with Gasteiger partial charge in [0.1, 0.15) is 34.9 Å². The first kappa shape index (κ1) is 86.5. The van der Waals surface area contributed by atoms with Crippen molar-refractivity contribution >= 4 is 24.9 Å². The Balaban J connectivity index is 0.000000110. The normalized spacial score (nSPS) is 11.8. The predicted molar refractivity (Wildman–Crippen MR) is 501 cm³/mol. The molecule has 0 atom stereocenters. The molecule has 8 aromatic carbocycles. The second-order valence-corrected chi connectivity index (χ2v) is 30.8. The van der Waals surface area contributed by atoms with Gasteiger partial charge in [-0.25, -0.2) is 35.1 Å². The van der Waals surface area contributed by atoms with Crippen molar-refractivity contribution in [2.45, 2.75) is 47.0 Å². The van der Waals surface area contributed by atoms with Crippen LogP contribution >= 0.6 is 0 Å². The number of benzene rings is 8. The van der Waals surface area contributed by atoms with Crippen molar-refractivity contribution in [2.24, 2.45) is 20.0 Å². The molecule has 10 aromatic heterocycles. The van der Waals surface area contributed by atoms with Gasteiger partial charge in [-0.3, -0.25) is 69.8 Å². The quantitative estimate of drug-likeness (QED) is 0.107. The molecule has 0 fully saturated rings. The number of pyridine rings is 10. The van der Waals surface area contributed by atoms with Crippen molar-refractivity contribution in [3.05, 3.63) is 443 Å². The summed E-state index contributed by atoms with van der Waals surface area (Å²) in [6, 6.07) is 78.4. The number of aromatic nitrogens is 10. The fourth-order valence-electron chi connectivity index (χ4n) is 15.2. The second kappa shape index (κ2) is 39.9. The largest absolute Gasteiger partial charge is 0.286 e. The molecule has 131 heavy (non-hydrogen) atoms. The van der Waals surface area contributed by atoms with E-state index in [1.54, 1.807) is 129 Å². The molecular formula is C109H76F8N14. The highest BCUT2D eigenvalue weighted by molar-refractivity contribution is 5.93. The van der Waals surface area contributed by atoms with Gasteiger partial charge < -0.3 is 0 Å². The summed E-state index contributed by atoms with van der Waals surface area (Å²) in [5.74, 6) is -3.53. The molecule has 0 unspecified atom stereocenters. The Labute approximate surface area is 750 Å². The molecule has 0 saturated heterocycles. The molecule has 0 bridgehead atoms. The van der Waals surface area contributed by atoms with Crippen LogP contribution in [-0.4, -0.2) is 74.7 Å². The van der Waals surface area contributed by atoms with Gasteiger partial charge in [0.25, 0.3) is 0 Å². The topological polar surface area (TPSA) is 178 Å². The van der Waals surface area contributed by atoms with E-state index in [9.17, 15) is 35.1 Å². The maximum atomic E-state index is 14.4. The van der Waals surface area contributed by atoms with Crippen LogP contribution in [-0.2, 0) is 26.2 Å². The van der Waals surface area contributed by atoms with Gasteiger partial charge in [0.15, 0.2) is 11.6 Å². The van der Waals surface area contributed by atoms with Crippen molar-refractivity contribution in [3.63, 3.8) is 0 Å². The van der Waals surface area contributed by atoms with Gasteiger partial charge in [-0.15, -0.1) is 0 Å². The fourth-order valence-corrected chi connectivity index (χ4v) is 15.2. The number of nitrogens with zero attached hydrogens (tertiary/aromatic N) is 14. The number of hydrogen-bond acceptors (Lipinski definition) is 14. The van der Waals surface area contributed by atoms with Gasteiger partial charge in [-0.05, 0) is 207 Å². The summed E-state index contributed by atoms with van der Waals surface area (Å²) in [4.78, 5) is 61.4. The minimum absolute atomic E-state index is 0.224. The fraction of sp³-hybridized carbons (Fsp3) is 0.0642. The van der Waals surface area contributed by atoms with Gasteiger partial charge >= 0.3 is 0 Å². The Bertz CT molecular complexity index is 7390. The van der Waals surface area contributed by atoms with Crippen molar-refractivity contribution in [3.8, 4) is 134 Å². The Morgan fingerprint density at radius 3 is 0.908 bits per heavy atom. The van der Waals surface area contributed by atoms with E-state index in [-0.39, 0.29) is 34.9 Å². The van der Waals surface area contributed by atoms with E-state index < -0.39 is 11.6 Å². The zero-order valence-corrected chi connectivity index (χ0v) is 70.7. The van der Waals surface area contributed by atoms with E-state index in [1.807, 2.05) is 123 Å². The summed E-state index contributed by atoms with van der Waals surface area (Å²) in [5.41, 5.74) is 30.3. The zero-order chi connectivity index (χ0) is 90.3. The Morgan fingerprint density at radius 1 is 0.198 bits per heavy atom. The van der Waals surface area contributed by atoms with Crippen LogP contribution in [0.15, 0.2) is 355 Å². The van der Waals surface area contributed by atoms with E-state index >= 15 is 0 Å². The van der Waals surface area contributed by atoms with Crippen molar-refractivity contribution in [2.75, 3.05) is 0 Å². The lowest BCUT2D eigenvalue weighted by Crippen LogP contribution is -1.95. The lowest BCUT2D eigenvalue weighted by atomic mass is 9.98. The van der Waals surface area contributed by atoms with Crippen molar-refractivity contribution in [1.82, 2.24) is 49.8 Å². The lowest BCUT2D eigenvalue weighted by molar-refractivity contribution is 0.509. The van der Waals surface area contributed by atoms with Gasteiger partial charge in [-0.1, -0.05) is 115 Å². The third kappa shape index (κ3) is 20.3. The van der Waals surface area contributed by atoms with Gasteiger partial charge in [0, 0.05) is 198 Å². The van der Waals surface area contributed by atoms with E-state index in [1.165, 1.54) is 66.2 Å². The summed E-state index contributed by atoms with van der Waals surface area (Å²) < 4.78 is 108. The van der Waals surface area contributed by atoms with Crippen LogP contribution < -0.4 is 0 Å². The summed E-state index contributed by atoms with van der Waals surface area (Å²) >= 11 is 0. The molecule has 22 rings (SSSR count). The van der Waals surface area contributed by atoms with Crippen LogP contribution in [0.1, 0.15) is 61.7 Å². The Morgan fingerprint density at radius 2 is 0.519 bits per heavy atom. The van der Waals surface area contributed by atoms with Gasteiger partial charge in [-0.2, -0.15) is 0 Å². The highest BCUT2D eigenvalue weighted by Gasteiger charge is 2.22. The molecule has 0 radical (unpaired) electrons. The summed E-state index contributed by atoms with van der Waals surface area (Å²) in [6.45, 7) is 8.32. The molecule has 638 valence electrons. The maximum Gasteiger partial charge on any atom is 0.159 e. The van der Waals surface area contributed by atoms with Crippen molar-refractivity contribution in [1.29, 1.82) is 0 Å². The Kier molecular flexibility index (Phi) is 26.4. The summed E-state index contributed by atoms with van der Waals surface area (Å²) in [6.07, 6.45) is 25.0. The van der Waals surface area contributed by atoms with E-state index in [2.05, 4.69) is 125 Å². The van der Waals surface area contributed by atoms with Crippen LogP contribution in [0.5, 0.6) is 0 Å². The Hall–Kier alpha value is -16.6. The van der Waals surface area contributed by atoms with Crippen LogP contribution in [0.25, 0.3) is 134 Å². The van der Waals surface area contributed by atoms with Crippen LogP contribution in [0, 0.1) is 67.3 Å². The number of hydrogen-bond donors (Lipinski definition) is 0. The number of halogens is 8. The smallest absolute Gasteiger partial charge is 0.159 e. The minimum Gasteiger partial charge on any atom is -0.286 e. The number of aryl methyl sites for hydroxylation is 3. The monoisotopic (exact) mass is 1730 g/mol. The third-order valence-corrected chi connectivity index (χ3v) is 21.9. The average Bonchev–Trinajstić information content (AvgIpc) is 1.78. The number of aliphatic imine (C=N–C) groups is 4. The highest BCUT2D eigenvalue weighted by atomic mass is 19.2. The predicted octanol–water partition coefficient (Wildman–Crippen LogP) is 25.8. The molecule has 0 amide bonds. The van der Waals surface area contributed by atoms with Crippen molar-refractivity contribution < 1.29 is 35.1 Å². The first-order valence-corrected chi connectivity index (χ1v) is 41.7. The molecule has 0 N–H and O–H groups in total. The molecule has 14 heterocycles. The van der Waals surface area contributed by atoms with E-state index in [4.69, 9.17) is 0 Å². The molecule has 18 aromatic rings. The SMILES string of the molecule is Cc1ccc(-c2ncccc2-c2cnc3c(c2)C=NC3)c(F)c1.Cc1ccc(-c2ncccc2-c2cnc3c(c2)C=NC3)cc1F.Cc1cccc(-c2ncccc2-c2cnc3c(c2)C=NC3)c1.Fc1ccc(-c2cccnc2-c2ccc(F)c(F)c2)cc1.Fc1ccc(-c2cccnc2-c2ccccc2F)cc1.Fc1ccc(-c2ncccc2-c2cnc3c(c2)C=NC3)cc1. The minimum atomic E-state index is -0.928. The van der Waals surface area contributed by atoms with Crippen LogP contribution in [0.2, 0.25) is 0 Å². The molecule has 4 aliphatic rings. The van der Waals surface area contributed by atoms with Crippen LogP contribution in [0.3, 0.4) is 0 Å². The molecule has 0 aliphatic carbocycles. The van der Waals surface area contributed by atoms with E-state index in [0.717, 1.165) is 163 Å². The number of rotatable bonds is 12. The molecule has 14 nitrogen and oxygen atoms in total. The zero-order valence-electron chi connectivity index (χ0n) is 70.7. The molecular weight excluding hydrogens is 1660 g/mol. The number of fused-ring (bicyclic) bond motifs is 4.